The first-order chi connectivity index (χ1) is 7.00. The molecule has 1 saturated carbocycles. The number of rotatable bonds is 2. The maximum absolute atomic E-state index is 11.7. The lowest BCUT2D eigenvalue weighted by Crippen LogP contribution is -2.34. The van der Waals surface area contributed by atoms with Gasteiger partial charge in [0, 0.05) is 11.1 Å². The molecule has 2 N–H and O–H groups in total. The molecule has 0 atom stereocenters. The summed E-state index contributed by atoms with van der Waals surface area (Å²) in [5.41, 5.74) is 1.29. The van der Waals surface area contributed by atoms with E-state index in [0.717, 1.165) is 18.4 Å². The predicted molar refractivity (Wildman–Crippen MR) is 57.9 cm³/mol. The number of nitrogens with one attached hydrogen (secondary N) is 1. The third-order valence-corrected chi connectivity index (χ3v) is 2.89. The van der Waals surface area contributed by atoms with Gasteiger partial charge in [-0.3, -0.25) is 4.79 Å². The smallest absolute Gasteiger partial charge is 0.251 e. The van der Waals surface area contributed by atoms with E-state index in [9.17, 15) is 9.90 Å². The van der Waals surface area contributed by atoms with Gasteiger partial charge in [-0.15, -0.1) is 0 Å². The Morgan fingerprint density at radius 3 is 2.67 bits per heavy atom. The van der Waals surface area contributed by atoms with Crippen molar-refractivity contribution in [3.8, 4) is 5.75 Å². The topological polar surface area (TPSA) is 49.3 Å². The van der Waals surface area contributed by atoms with Gasteiger partial charge in [0.05, 0.1) is 0 Å². The van der Waals surface area contributed by atoms with E-state index < -0.39 is 0 Å². The van der Waals surface area contributed by atoms with Crippen molar-refractivity contribution in [1.29, 1.82) is 0 Å². The number of aromatic hydroxyl groups is 1. The van der Waals surface area contributed by atoms with Gasteiger partial charge < -0.3 is 10.4 Å². The van der Waals surface area contributed by atoms with Crippen LogP contribution in [0.1, 0.15) is 35.7 Å². The van der Waals surface area contributed by atoms with Crippen LogP contribution in [-0.4, -0.2) is 16.6 Å². The van der Waals surface area contributed by atoms with E-state index in [1.807, 2.05) is 6.92 Å². The highest BCUT2D eigenvalue weighted by atomic mass is 16.3. The molecule has 0 spiro atoms. The van der Waals surface area contributed by atoms with Crippen LogP contribution in [0.25, 0.3) is 0 Å². The molecule has 3 heteroatoms. The third-order valence-electron chi connectivity index (χ3n) is 2.89. The SMILES string of the molecule is Cc1ccc(C(=O)NC2(C)CC2)cc1O. The number of benzene rings is 1. The lowest BCUT2D eigenvalue weighted by Gasteiger charge is -2.11. The van der Waals surface area contributed by atoms with E-state index in [1.165, 1.54) is 6.07 Å². The Hall–Kier alpha value is -1.51. The number of carbonyl (C=O) groups excluding carboxylic acids is 1. The maximum Gasteiger partial charge on any atom is 0.251 e. The molecular weight excluding hydrogens is 190 g/mol. The van der Waals surface area contributed by atoms with Crippen molar-refractivity contribution in [1.82, 2.24) is 5.32 Å². The minimum absolute atomic E-state index is 0.0163. The fraction of sp³-hybridized carbons (Fsp3) is 0.417. The first-order valence-corrected chi connectivity index (χ1v) is 5.12. The second-order valence-electron chi connectivity index (χ2n) is 4.52. The molecule has 0 aliphatic heterocycles. The summed E-state index contributed by atoms with van der Waals surface area (Å²) in [6.07, 6.45) is 2.08. The van der Waals surface area contributed by atoms with Crippen LogP contribution in [0.3, 0.4) is 0 Å². The average molecular weight is 205 g/mol. The summed E-state index contributed by atoms with van der Waals surface area (Å²) in [5, 5.41) is 12.4. The normalized spacial score (nSPS) is 17.2. The highest BCUT2D eigenvalue weighted by Crippen LogP contribution is 2.34. The molecule has 3 nitrogen and oxygen atoms in total. The molecule has 80 valence electrons. The predicted octanol–water partition coefficient (Wildman–Crippen LogP) is 1.98. The third kappa shape index (κ3) is 2.12. The zero-order chi connectivity index (χ0) is 11.1. The average Bonchev–Trinajstić information content (AvgIpc) is 2.88. The van der Waals surface area contributed by atoms with E-state index in [1.54, 1.807) is 19.1 Å². The highest BCUT2D eigenvalue weighted by Gasteiger charge is 2.38. The standard InChI is InChI=1S/C12H15NO2/c1-8-3-4-9(7-10(8)14)11(15)13-12(2)5-6-12/h3-4,7,14H,5-6H2,1-2H3,(H,13,15). The van der Waals surface area contributed by atoms with Crippen molar-refractivity contribution in [2.45, 2.75) is 32.2 Å². The molecule has 0 aromatic heterocycles. The zero-order valence-corrected chi connectivity index (χ0v) is 9.00. The molecule has 0 radical (unpaired) electrons. The Morgan fingerprint density at radius 1 is 1.47 bits per heavy atom. The summed E-state index contributed by atoms with van der Waals surface area (Å²) in [6, 6.07) is 4.99. The summed E-state index contributed by atoms with van der Waals surface area (Å²) in [5.74, 6) is 0.0638. The van der Waals surface area contributed by atoms with Crippen LogP contribution in [0.5, 0.6) is 5.75 Å². The van der Waals surface area contributed by atoms with E-state index in [2.05, 4.69) is 5.32 Å². The van der Waals surface area contributed by atoms with Gasteiger partial charge in [0.25, 0.3) is 5.91 Å². The molecule has 1 aromatic carbocycles. The molecule has 0 bridgehead atoms. The number of amides is 1. The van der Waals surface area contributed by atoms with Crippen LogP contribution in [0.15, 0.2) is 18.2 Å². The summed E-state index contributed by atoms with van der Waals surface area (Å²) in [6.45, 7) is 3.83. The van der Waals surface area contributed by atoms with Crippen LogP contribution in [0.2, 0.25) is 0 Å². The van der Waals surface area contributed by atoms with Gasteiger partial charge in [-0.1, -0.05) is 6.07 Å². The summed E-state index contributed by atoms with van der Waals surface area (Å²) in [7, 11) is 0. The Morgan fingerprint density at radius 2 is 2.13 bits per heavy atom. The fourth-order valence-corrected chi connectivity index (χ4v) is 1.41. The van der Waals surface area contributed by atoms with Crippen molar-refractivity contribution in [3.63, 3.8) is 0 Å². The largest absolute Gasteiger partial charge is 0.508 e. The van der Waals surface area contributed by atoms with Gasteiger partial charge >= 0.3 is 0 Å². The van der Waals surface area contributed by atoms with Crippen molar-refractivity contribution >= 4 is 5.91 Å². The minimum atomic E-state index is -0.106. The number of phenolic OH excluding ortho intramolecular Hbond substituents is 1. The number of phenols is 1. The Labute approximate surface area is 89.1 Å². The Balaban J connectivity index is 2.15. The lowest BCUT2D eigenvalue weighted by molar-refractivity contribution is 0.0935. The molecule has 2 rings (SSSR count). The van der Waals surface area contributed by atoms with Crippen LogP contribution in [0, 0.1) is 6.92 Å². The summed E-state index contributed by atoms with van der Waals surface area (Å²) >= 11 is 0. The van der Waals surface area contributed by atoms with E-state index in [-0.39, 0.29) is 17.2 Å². The summed E-state index contributed by atoms with van der Waals surface area (Å²) in [4.78, 5) is 11.7. The van der Waals surface area contributed by atoms with E-state index >= 15 is 0 Å². The number of aryl methyl sites for hydroxylation is 1. The molecule has 1 aliphatic carbocycles. The second-order valence-corrected chi connectivity index (χ2v) is 4.52. The molecule has 0 unspecified atom stereocenters. The van der Waals surface area contributed by atoms with Crippen LogP contribution in [0.4, 0.5) is 0 Å². The fourth-order valence-electron chi connectivity index (χ4n) is 1.41. The van der Waals surface area contributed by atoms with Gasteiger partial charge in [-0.2, -0.15) is 0 Å². The molecule has 0 heterocycles. The number of hydrogen-bond donors (Lipinski definition) is 2. The number of hydrogen-bond acceptors (Lipinski definition) is 2. The van der Waals surface area contributed by atoms with Crippen molar-refractivity contribution in [2.75, 3.05) is 0 Å². The van der Waals surface area contributed by atoms with E-state index in [0.29, 0.717) is 5.56 Å². The van der Waals surface area contributed by atoms with Crippen LogP contribution in [-0.2, 0) is 0 Å². The molecule has 15 heavy (non-hydrogen) atoms. The van der Waals surface area contributed by atoms with Gasteiger partial charge in [0.1, 0.15) is 5.75 Å². The summed E-state index contributed by atoms with van der Waals surface area (Å²) < 4.78 is 0. The van der Waals surface area contributed by atoms with Gasteiger partial charge in [0.15, 0.2) is 0 Å². The van der Waals surface area contributed by atoms with Crippen LogP contribution >= 0.6 is 0 Å². The van der Waals surface area contributed by atoms with Crippen molar-refractivity contribution < 1.29 is 9.90 Å². The molecule has 0 saturated heterocycles. The highest BCUT2D eigenvalue weighted by molar-refractivity contribution is 5.95. The molecule has 1 aromatic rings. The van der Waals surface area contributed by atoms with Gasteiger partial charge in [-0.05, 0) is 44.4 Å². The van der Waals surface area contributed by atoms with Crippen molar-refractivity contribution in [3.05, 3.63) is 29.3 Å². The molecule has 1 amide bonds. The minimum Gasteiger partial charge on any atom is -0.508 e. The maximum atomic E-state index is 11.7. The van der Waals surface area contributed by atoms with E-state index in [4.69, 9.17) is 0 Å². The van der Waals surface area contributed by atoms with Crippen molar-refractivity contribution in [2.24, 2.45) is 0 Å². The number of carbonyl (C=O) groups is 1. The molecular formula is C12H15NO2. The lowest BCUT2D eigenvalue weighted by atomic mass is 10.1. The quantitative estimate of drug-likeness (QED) is 0.775. The monoisotopic (exact) mass is 205 g/mol. The Bertz CT molecular complexity index is 408. The molecule has 1 aliphatic rings. The molecule has 1 fully saturated rings. The van der Waals surface area contributed by atoms with Crippen LogP contribution < -0.4 is 5.32 Å². The van der Waals surface area contributed by atoms with Gasteiger partial charge in [-0.25, -0.2) is 0 Å². The second kappa shape index (κ2) is 3.26. The Kier molecular flexibility index (Phi) is 2.18. The first kappa shape index (κ1) is 10.0. The van der Waals surface area contributed by atoms with Gasteiger partial charge in [0.2, 0.25) is 0 Å². The zero-order valence-electron chi connectivity index (χ0n) is 9.00. The first-order valence-electron chi connectivity index (χ1n) is 5.12.